The highest BCUT2D eigenvalue weighted by atomic mass is 79.9. The van der Waals surface area contributed by atoms with Crippen molar-refractivity contribution < 1.29 is 5.11 Å². The van der Waals surface area contributed by atoms with E-state index < -0.39 is 0 Å². The first-order chi connectivity index (χ1) is 25.9. The predicted molar refractivity (Wildman–Crippen MR) is 247 cm³/mol. The van der Waals surface area contributed by atoms with Crippen LogP contribution in [-0.4, -0.2) is 47.2 Å². The van der Waals surface area contributed by atoms with Crippen molar-refractivity contribution in [3.63, 3.8) is 0 Å². The predicted octanol–water partition coefficient (Wildman–Crippen LogP) is 13.5. The minimum absolute atomic E-state index is 0. The minimum atomic E-state index is 0. The van der Waals surface area contributed by atoms with E-state index in [4.69, 9.17) is 10.1 Å². The highest BCUT2D eigenvalue weighted by Gasteiger charge is 2.15. The lowest BCUT2D eigenvalue weighted by Gasteiger charge is -2.15. The molecule has 0 spiro atoms. The van der Waals surface area contributed by atoms with E-state index in [1.807, 2.05) is 25.2 Å². The number of aliphatic hydroxyl groups is 1. The zero-order chi connectivity index (χ0) is 40.7. The average molecular weight is 815 g/mol. The second kappa shape index (κ2) is 20.1. The highest BCUT2D eigenvalue weighted by Crippen LogP contribution is 2.36. The van der Waals surface area contributed by atoms with Gasteiger partial charge in [0.2, 0.25) is 0 Å². The maximum Gasteiger partial charge on any atom is 0.107 e. The van der Waals surface area contributed by atoms with E-state index in [0.717, 1.165) is 22.5 Å². The van der Waals surface area contributed by atoms with Crippen molar-refractivity contribution in [2.45, 2.75) is 90.5 Å². The van der Waals surface area contributed by atoms with Gasteiger partial charge in [-0.25, -0.2) is 4.98 Å². The van der Waals surface area contributed by atoms with Crippen molar-refractivity contribution in [1.29, 1.82) is 0 Å². The van der Waals surface area contributed by atoms with E-state index in [1.165, 1.54) is 100 Å². The molecule has 6 rings (SSSR count). The fraction of sp³-hybridized carbons (Fsp3) is 0.333. The van der Waals surface area contributed by atoms with Gasteiger partial charge in [0.15, 0.2) is 0 Å². The van der Waals surface area contributed by atoms with Crippen molar-refractivity contribution in [3.8, 4) is 44.8 Å². The van der Waals surface area contributed by atoms with Crippen molar-refractivity contribution in [2.75, 3.05) is 27.2 Å². The minimum Gasteiger partial charge on any atom is -0.395 e. The van der Waals surface area contributed by atoms with Crippen LogP contribution in [0.15, 0.2) is 83.6 Å². The first-order valence-corrected chi connectivity index (χ1v) is 19.9. The number of pyridine rings is 2. The summed E-state index contributed by atoms with van der Waals surface area (Å²) in [5.41, 5.74) is 25.2. The first-order valence-electron chi connectivity index (χ1n) is 19.1. The van der Waals surface area contributed by atoms with E-state index in [2.05, 4.69) is 177 Å². The van der Waals surface area contributed by atoms with Crippen LogP contribution >= 0.6 is 15.9 Å². The number of hydrogen-bond acceptors (Lipinski definition) is 4. The van der Waals surface area contributed by atoms with Gasteiger partial charge < -0.3 is 10.0 Å². The van der Waals surface area contributed by atoms with Gasteiger partial charge in [0.05, 0.1) is 18.0 Å². The number of halogens is 1. The number of likely N-dealkylation sites (N-methyl/N-ethyl adjacent to an activating group) is 1. The molecule has 0 aliphatic rings. The molecule has 4 aromatic carbocycles. The van der Waals surface area contributed by atoms with Gasteiger partial charge >= 0.3 is 0 Å². The molecule has 0 radical (unpaired) electrons. The van der Waals surface area contributed by atoms with Gasteiger partial charge in [-0.3, -0.25) is 4.98 Å². The van der Waals surface area contributed by atoms with Crippen LogP contribution in [0.3, 0.4) is 0 Å². The topological polar surface area (TPSA) is 49.2 Å². The molecule has 5 heteroatoms. The van der Waals surface area contributed by atoms with Crippen molar-refractivity contribution in [3.05, 3.63) is 150 Å². The molecule has 0 saturated carbocycles. The summed E-state index contributed by atoms with van der Waals surface area (Å²) in [4.78, 5) is 11.4. The number of aryl methyl sites for hydroxylation is 12. The Morgan fingerprint density at radius 1 is 0.482 bits per heavy atom. The van der Waals surface area contributed by atoms with E-state index in [9.17, 15) is 0 Å². The molecule has 296 valence electrons. The molecule has 6 aromatic rings. The fourth-order valence-corrected chi connectivity index (χ4v) is 8.57. The third kappa shape index (κ3) is 11.6. The molecule has 0 aliphatic heterocycles. The van der Waals surface area contributed by atoms with Crippen LogP contribution in [-0.2, 0) is 0 Å². The van der Waals surface area contributed by atoms with Gasteiger partial charge in [0.1, 0.15) is 4.60 Å². The number of nitrogens with zero attached hydrogens (tertiary/aromatic N) is 3. The normalized spacial score (nSPS) is 10.7. The van der Waals surface area contributed by atoms with Crippen LogP contribution in [0.2, 0.25) is 0 Å². The molecule has 0 aliphatic carbocycles. The Kier molecular flexibility index (Phi) is 16.5. The molecular weight excluding hydrogens is 750 g/mol. The van der Waals surface area contributed by atoms with Crippen LogP contribution < -0.4 is 0 Å². The molecule has 0 unspecified atom stereocenters. The van der Waals surface area contributed by atoms with Gasteiger partial charge in [0, 0.05) is 23.9 Å². The van der Waals surface area contributed by atoms with Crippen molar-refractivity contribution in [2.24, 2.45) is 0 Å². The Bertz CT molecular complexity index is 2060. The molecule has 56 heavy (non-hydrogen) atoms. The Morgan fingerprint density at radius 2 is 0.821 bits per heavy atom. The zero-order valence-electron chi connectivity index (χ0n) is 35.6. The van der Waals surface area contributed by atoms with Crippen LogP contribution in [0.25, 0.3) is 44.8 Å². The first kappa shape index (κ1) is 46.0. The highest BCUT2D eigenvalue weighted by molar-refractivity contribution is 9.10. The van der Waals surface area contributed by atoms with E-state index in [-0.39, 0.29) is 14.0 Å². The fourth-order valence-electron chi connectivity index (χ4n) is 8.13. The summed E-state index contributed by atoms with van der Waals surface area (Å²) in [6.07, 6.45) is 1.93. The number of benzene rings is 4. The zero-order valence-corrected chi connectivity index (χ0v) is 37.2. The summed E-state index contributed by atoms with van der Waals surface area (Å²) < 4.78 is 0.874. The molecule has 2 aromatic heterocycles. The molecule has 0 amide bonds. The summed E-state index contributed by atoms with van der Waals surface area (Å²) in [5.74, 6) is 0. The lowest BCUT2D eigenvalue weighted by Crippen LogP contribution is -2.15. The Labute approximate surface area is 347 Å². The van der Waals surface area contributed by atoms with Gasteiger partial charge in [-0.15, -0.1) is 0 Å². The van der Waals surface area contributed by atoms with Gasteiger partial charge in [-0.2, -0.15) is 0 Å². The summed E-state index contributed by atoms with van der Waals surface area (Å²) in [7, 11) is 3.85. The molecule has 0 fully saturated rings. The van der Waals surface area contributed by atoms with Gasteiger partial charge in [0.25, 0.3) is 0 Å². The standard InChI is InChI=1S/C23H24BrN.C23H25N.C4H11NO.CH4/c1-13-7-15(3)22(16(4)8-13)19-11-20(25-21(24)12-19)23-17(5)9-14(2)10-18(23)6;1-14-9-16(3)22(17(4)10-14)20-7-8-24-21(13-20)23-18(5)11-15(2)12-19(23)6;1-5(2)3-4-6;/h7-12H,1-6H3;7-13H,1-6H3;6H,3-4H2,1-2H3;1H4. The molecular formula is C51H64BrN3O. The largest absolute Gasteiger partial charge is 0.395 e. The summed E-state index contributed by atoms with van der Waals surface area (Å²) in [6.45, 7) is 27.0. The summed E-state index contributed by atoms with van der Waals surface area (Å²) >= 11 is 3.62. The molecule has 0 atom stereocenters. The van der Waals surface area contributed by atoms with Crippen LogP contribution in [0.1, 0.15) is 74.2 Å². The third-order valence-corrected chi connectivity index (χ3v) is 10.3. The van der Waals surface area contributed by atoms with Crippen LogP contribution in [0, 0.1) is 83.1 Å². The number of rotatable bonds is 6. The number of aromatic nitrogens is 2. The van der Waals surface area contributed by atoms with Crippen LogP contribution in [0.5, 0.6) is 0 Å². The summed E-state index contributed by atoms with van der Waals surface area (Å²) in [5, 5.41) is 8.20. The second-order valence-corrected chi connectivity index (χ2v) is 16.4. The average Bonchev–Trinajstić information content (AvgIpc) is 3.03. The van der Waals surface area contributed by atoms with E-state index in [0.29, 0.717) is 0 Å². The smallest absolute Gasteiger partial charge is 0.107 e. The van der Waals surface area contributed by atoms with E-state index in [1.54, 1.807) is 0 Å². The number of hydrogen-bond donors (Lipinski definition) is 1. The molecule has 0 saturated heterocycles. The Hall–Kier alpha value is -4.42. The molecule has 0 bridgehead atoms. The Balaban J connectivity index is 0.000000259. The maximum absolute atomic E-state index is 8.20. The second-order valence-electron chi connectivity index (χ2n) is 15.6. The van der Waals surface area contributed by atoms with Gasteiger partial charge in [-0.05, 0) is 204 Å². The molecule has 1 N–H and O–H groups in total. The van der Waals surface area contributed by atoms with Crippen molar-refractivity contribution in [1.82, 2.24) is 14.9 Å². The van der Waals surface area contributed by atoms with E-state index >= 15 is 0 Å². The Morgan fingerprint density at radius 3 is 1.18 bits per heavy atom. The monoisotopic (exact) mass is 813 g/mol. The summed E-state index contributed by atoms with van der Waals surface area (Å²) in [6, 6.07) is 26.6. The lowest BCUT2D eigenvalue weighted by molar-refractivity contribution is 0.243. The van der Waals surface area contributed by atoms with Gasteiger partial charge in [-0.1, -0.05) is 78.2 Å². The SMILES string of the molecule is C.CN(C)CCO.Cc1cc(C)c(-c2cc(Br)nc(-c3c(C)cc(C)cc3C)c2)c(C)c1.Cc1cc(C)c(-c2ccnc(-c3c(C)cc(C)cc3C)c2)c(C)c1. The third-order valence-electron chi connectivity index (χ3n) is 9.90. The maximum atomic E-state index is 8.20. The molecule has 2 heterocycles. The quantitative estimate of drug-likeness (QED) is 0.170. The van der Waals surface area contributed by atoms with Crippen LogP contribution in [0.4, 0.5) is 0 Å². The molecule has 4 nitrogen and oxygen atoms in total. The van der Waals surface area contributed by atoms with Crippen molar-refractivity contribution >= 4 is 15.9 Å². The lowest BCUT2D eigenvalue weighted by atomic mass is 9.92. The number of aliphatic hydroxyl groups excluding tert-OH is 1.